The van der Waals surface area contributed by atoms with Crippen molar-refractivity contribution in [2.75, 3.05) is 0 Å². The first-order valence-corrected chi connectivity index (χ1v) is 28.1. The number of hydrogen-bond donors (Lipinski definition) is 0. The number of para-hydroxylation sites is 2. The van der Waals surface area contributed by atoms with Gasteiger partial charge in [-0.05, 0) is 162 Å². The molecule has 1 aliphatic carbocycles. The third-order valence-electron chi connectivity index (χ3n) is 17.2. The lowest BCUT2D eigenvalue weighted by Crippen LogP contribution is -2.28. The third-order valence-corrected chi connectivity index (χ3v) is 17.2. The minimum Gasteiger partial charge on any atom is -0.309 e. The fourth-order valence-corrected chi connectivity index (χ4v) is 13.5. The standard InChI is InChI=1S/C79H52N2.CH4/c1-3-18-53(19-4-1)58-22-15-25-63(48-58)79(73-32-11-7-28-67(73)68-29-8-12-33-74(68)79)64-26-16-23-59(49-64)57-38-36-55(37-39-57)56-40-44-65(45-41-56)80-75-34-13-9-30-69(75)71-51-61(42-46-77(71)80)62-43-47-78-72(52-62)70-31-10-14-35-76(70)81(78)66-27-17-24-60(50-66)54-20-5-2-6-21-54;/h1-52H;1H4. The summed E-state index contributed by atoms with van der Waals surface area (Å²) in [6.07, 6.45) is 0. The van der Waals surface area contributed by atoms with Gasteiger partial charge in [-0.2, -0.15) is 0 Å². The highest BCUT2D eigenvalue weighted by Gasteiger charge is 2.46. The van der Waals surface area contributed by atoms with E-state index in [1.807, 2.05) is 0 Å². The van der Waals surface area contributed by atoms with Crippen molar-refractivity contribution in [1.29, 1.82) is 0 Å². The quantitative estimate of drug-likeness (QED) is 0.136. The number of benzene rings is 13. The molecule has 0 amide bonds. The maximum Gasteiger partial charge on any atom is 0.0713 e. The van der Waals surface area contributed by atoms with E-state index in [1.54, 1.807) is 0 Å². The van der Waals surface area contributed by atoms with Gasteiger partial charge in [0, 0.05) is 32.9 Å². The molecule has 0 saturated carbocycles. The lowest BCUT2D eigenvalue weighted by Gasteiger charge is -2.34. The van der Waals surface area contributed by atoms with Gasteiger partial charge in [-0.25, -0.2) is 0 Å². The molecule has 0 unspecified atom stereocenters. The molecule has 0 aliphatic heterocycles. The Labute approximate surface area is 478 Å². The Bertz CT molecular complexity index is 4860. The summed E-state index contributed by atoms with van der Waals surface area (Å²) in [5.41, 5.74) is 26.3. The highest BCUT2D eigenvalue weighted by Crippen LogP contribution is 2.57. The Morgan fingerprint density at radius 3 is 1.06 bits per heavy atom. The fraction of sp³-hybridized carbons (Fsp3) is 0.0250. The van der Waals surface area contributed by atoms with Crippen LogP contribution in [-0.4, -0.2) is 9.13 Å². The van der Waals surface area contributed by atoms with Gasteiger partial charge in [-0.1, -0.05) is 250 Å². The number of aromatic nitrogens is 2. The zero-order chi connectivity index (χ0) is 53.4. The molecule has 0 saturated heterocycles. The minimum atomic E-state index is -0.509. The first-order valence-electron chi connectivity index (χ1n) is 28.1. The molecule has 13 aromatic carbocycles. The van der Waals surface area contributed by atoms with Crippen molar-refractivity contribution >= 4 is 43.6 Å². The maximum absolute atomic E-state index is 2.43. The molecule has 0 fully saturated rings. The zero-order valence-electron chi connectivity index (χ0n) is 44.4. The van der Waals surface area contributed by atoms with Gasteiger partial charge in [0.25, 0.3) is 0 Å². The number of rotatable bonds is 9. The van der Waals surface area contributed by atoms with Crippen molar-refractivity contribution < 1.29 is 0 Å². The van der Waals surface area contributed by atoms with Crippen molar-refractivity contribution in [2.24, 2.45) is 0 Å². The summed E-state index contributed by atoms with van der Waals surface area (Å²) in [5, 5.41) is 4.96. The third kappa shape index (κ3) is 7.71. The molecule has 0 radical (unpaired) electrons. The molecule has 16 rings (SSSR count). The summed E-state index contributed by atoms with van der Waals surface area (Å²) in [6.45, 7) is 0. The summed E-state index contributed by atoms with van der Waals surface area (Å²) in [4.78, 5) is 0. The lowest BCUT2D eigenvalue weighted by molar-refractivity contribution is 0.769. The van der Waals surface area contributed by atoms with Gasteiger partial charge in [0.15, 0.2) is 0 Å². The summed E-state index contributed by atoms with van der Waals surface area (Å²) < 4.78 is 4.83. The average Bonchev–Trinajstić information content (AvgIpc) is 4.27. The minimum absolute atomic E-state index is 0. The SMILES string of the molecule is C.c1ccc(-c2cccc(-n3c4ccccc4c4cc(-c5ccc6c(c5)c5ccccc5n6-c5ccc(-c6ccc(-c7cccc(C8(c9cccc(-c%10ccccc%10)c9)c9ccccc9-c9ccccc98)c7)cc6)cc5)ccc43)c2)cc1. The van der Waals surface area contributed by atoms with Gasteiger partial charge < -0.3 is 9.13 Å². The van der Waals surface area contributed by atoms with Gasteiger partial charge in [0.05, 0.1) is 27.5 Å². The molecule has 0 bridgehead atoms. The van der Waals surface area contributed by atoms with Crippen LogP contribution in [0.25, 0.3) is 122 Å². The monoisotopic (exact) mass is 1040 g/mol. The molecule has 82 heavy (non-hydrogen) atoms. The Hall–Kier alpha value is -10.5. The molecule has 15 aromatic rings. The predicted octanol–water partition coefficient (Wildman–Crippen LogP) is 21.2. The molecule has 0 atom stereocenters. The second-order valence-corrected chi connectivity index (χ2v) is 21.6. The second-order valence-electron chi connectivity index (χ2n) is 21.6. The van der Waals surface area contributed by atoms with Crippen LogP contribution in [0.15, 0.2) is 315 Å². The van der Waals surface area contributed by atoms with E-state index in [-0.39, 0.29) is 7.43 Å². The van der Waals surface area contributed by atoms with Crippen LogP contribution >= 0.6 is 0 Å². The van der Waals surface area contributed by atoms with E-state index < -0.39 is 5.41 Å². The van der Waals surface area contributed by atoms with Crippen molar-refractivity contribution in [3.8, 4) is 78.1 Å². The molecule has 2 heteroatoms. The van der Waals surface area contributed by atoms with Crippen LogP contribution in [-0.2, 0) is 5.41 Å². The van der Waals surface area contributed by atoms with Crippen LogP contribution in [0.3, 0.4) is 0 Å². The molecule has 2 heterocycles. The highest BCUT2D eigenvalue weighted by atomic mass is 15.0. The Kier molecular flexibility index (Phi) is 11.7. The van der Waals surface area contributed by atoms with E-state index in [4.69, 9.17) is 0 Å². The summed E-state index contributed by atoms with van der Waals surface area (Å²) in [6, 6.07) is 117. The van der Waals surface area contributed by atoms with E-state index in [0.717, 1.165) is 11.4 Å². The fourth-order valence-electron chi connectivity index (χ4n) is 13.5. The van der Waals surface area contributed by atoms with Crippen LogP contribution < -0.4 is 0 Å². The number of nitrogens with zero attached hydrogens (tertiary/aromatic N) is 2. The zero-order valence-corrected chi connectivity index (χ0v) is 44.4. The summed E-state index contributed by atoms with van der Waals surface area (Å²) in [5.74, 6) is 0. The van der Waals surface area contributed by atoms with Gasteiger partial charge in [0.1, 0.15) is 0 Å². The topological polar surface area (TPSA) is 9.86 Å². The van der Waals surface area contributed by atoms with Crippen molar-refractivity contribution in [1.82, 2.24) is 9.13 Å². The molecule has 1 aliphatic rings. The summed E-state index contributed by atoms with van der Waals surface area (Å²) >= 11 is 0. The molecule has 0 spiro atoms. The number of hydrogen-bond acceptors (Lipinski definition) is 0. The van der Waals surface area contributed by atoms with Crippen LogP contribution in [0.5, 0.6) is 0 Å². The average molecular weight is 1050 g/mol. The van der Waals surface area contributed by atoms with Gasteiger partial charge in [0.2, 0.25) is 0 Å². The first-order chi connectivity index (χ1) is 40.2. The lowest BCUT2D eigenvalue weighted by atomic mass is 9.67. The Balaban J connectivity index is 0.00000576. The van der Waals surface area contributed by atoms with Crippen LogP contribution in [0.4, 0.5) is 0 Å². The van der Waals surface area contributed by atoms with E-state index in [1.165, 1.54) is 133 Å². The largest absolute Gasteiger partial charge is 0.309 e. The normalized spacial score (nSPS) is 12.4. The van der Waals surface area contributed by atoms with Crippen LogP contribution in [0.2, 0.25) is 0 Å². The van der Waals surface area contributed by atoms with Gasteiger partial charge in [-0.15, -0.1) is 0 Å². The second kappa shape index (κ2) is 19.7. The van der Waals surface area contributed by atoms with E-state index in [9.17, 15) is 0 Å². The predicted molar refractivity (Wildman–Crippen MR) is 346 cm³/mol. The molecule has 0 N–H and O–H groups in total. The van der Waals surface area contributed by atoms with Crippen LogP contribution in [0.1, 0.15) is 29.7 Å². The van der Waals surface area contributed by atoms with Crippen LogP contribution in [0, 0.1) is 0 Å². The summed E-state index contributed by atoms with van der Waals surface area (Å²) in [7, 11) is 0. The molecule has 386 valence electrons. The molecule has 2 aromatic heterocycles. The smallest absolute Gasteiger partial charge is 0.0713 e. The number of fused-ring (bicyclic) bond motifs is 9. The van der Waals surface area contributed by atoms with E-state index in [0.29, 0.717) is 0 Å². The molecular weight excluding hydrogens is 989 g/mol. The van der Waals surface area contributed by atoms with Gasteiger partial charge in [-0.3, -0.25) is 0 Å². The van der Waals surface area contributed by atoms with Crippen molar-refractivity contribution in [3.63, 3.8) is 0 Å². The molecule has 2 nitrogen and oxygen atoms in total. The van der Waals surface area contributed by atoms with E-state index >= 15 is 0 Å². The maximum atomic E-state index is 2.43. The van der Waals surface area contributed by atoms with Crippen molar-refractivity contribution in [2.45, 2.75) is 12.8 Å². The highest BCUT2D eigenvalue weighted by molar-refractivity contribution is 6.13. The Morgan fingerprint density at radius 1 is 0.207 bits per heavy atom. The first kappa shape index (κ1) is 48.6. The van der Waals surface area contributed by atoms with Crippen molar-refractivity contribution in [3.05, 3.63) is 338 Å². The Morgan fingerprint density at radius 2 is 0.549 bits per heavy atom. The van der Waals surface area contributed by atoms with Gasteiger partial charge >= 0.3 is 0 Å². The van der Waals surface area contributed by atoms with E-state index in [2.05, 4.69) is 325 Å². The molecular formula is C80H56N2.